The number of likely N-dealkylation sites (tertiary alicyclic amines) is 1. The van der Waals surface area contributed by atoms with Crippen LogP contribution in [0.1, 0.15) is 36.4 Å². The number of benzene rings is 1. The summed E-state index contributed by atoms with van der Waals surface area (Å²) in [6.45, 7) is 4.24. The van der Waals surface area contributed by atoms with E-state index in [1.807, 2.05) is 13.8 Å². The molecule has 148 valence electrons. The summed E-state index contributed by atoms with van der Waals surface area (Å²) in [6.07, 6.45) is 1.47. The molecule has 8 nitrogen and oxygen atoms in total. The lowest BCUT2D eigenvalue weighted by Gasteiger charge is -2.18. The molecule has 1 unspecified atom stereocenters. The summed E-state index contributed by atoms with van der Waals surface area (Å²) in [5, 5.41) is 11.9. The molecule has 1 aromatic carbocycles. The molecule has 0 aliphatic carbocycles. The van der Waals surface area contributed by atoms with Crippen molar-refractivity contribution in [2.45, 2.75) is 32.9 Å². The van der Waals surface area contributed by atoms with Crippen molar-refractivity contribution in [1.82, 2.24) is 4.90 Å². The molecule has 3 rings (SSSR count). The molecule has 28 heavy (non-hydrogen) atoms. The molecular formula is C20H22N2O6. The Kier molecular flexibility index (Phi) is 5.67. The summed E-state index contributed by atoms with van der Waals surface area (Å²) in [5.41, 5.74) is 0.309. The minimum absolute atomic E-state index is 0.0355. The highest BCUT2D eigenvalue weighted by atomic mass is 16.5. The fraction of sp³-hybridized carbons (Fsp3) is 0.350. The number of nitrogens with zero attached hydrogens (tertiary/aromatic N) is 1. The maximum absolute atomic E-state index is 12.7. The van der Waals surface area contributed by atoms with Gasteiger partial charge in [-0.05, 0) is 44.2 Å². The van der Waals surface area contributed by atoms with Crippen LogP contribution < -0.4 is 10.1 Å². The second kappa shape index (κ2) is 8.16. The van der Waals surface area contributed by atoms with Crippen LogP contribution in [0.2, 0.25) is 0 Å². The highest BCUT2D eigenvalue weighted by Gasteiger charge is 2.35. The number of rotatable bonds is 7. The molecule has 0 radical (unpaired) electrons. The van der Waals surface area contributed by atoms with Crippen LogP contribution in [0.15, 0.2) is 41.0 Å². The van der Waals surface area contributed by atoms with Crippen LogP contribution in [0.5, 0.6) is 5.75 Å². The lowest BCUT2D eigenvalue weighted by atomic mass is 10.1. The van der Waals surface area contributed by atoms with Crippen LogP contribution in [0.3, 0.4) is 0 Å². The van der Waals surface area contributed by atoms with Crippen molar-refractivity contribution in [3.63, 3.8) is 0 Å². The molecule has 0 saturated carbocycles. The van der Waals surface area contributed by atoms with E-state index in [9.17, 15) is 19.5 Å². The Balaban J connectivity index is 1.72. The van der Waals surface area contributed by atoms with Crippen LogP contribution in [-0.4, -0.2) is 40.4 Å². The number of aromatic carboxylic acids is 1. The highest BCUT2D eigenvalue weighted by Crippen LogP contribution is 2.29. The number of carboxylic acids is 1. The van der Waals surface area contributed by atoms with Crippen molar-refractivity contribution in [2.24, 2.45) is 5.92 Å². The molecule has 2 amide bonds. The Morgan fingerprint density at radius 3 is 2.79 bits per heavy atom. The average Bonchev–Trinajstić information content (AvgIpc) is 3.26. The second-order valence-electron chi connectivity index (χ2n) is 6.93. The quantitative estimate of drug-likeness (QED) is 0.757. The van der Waals surface area contributed by atoms with Gasteiger partial charge in [0.1, 0.15) is 11.5 Å². The third kappa shape index (κ3) is 4.51. The van der Waals surface area contributed by atoms with Gasteiger partial charge in [0, 0.05) is 13.0 Å². The minimum atomic E-state index is -1.10. The van der Waals surface area contributed by atoms with Gasteiger partial charge < -0.3 is 24.5 Å². The fourth-order valence-corrected chi connectivity index (χ4v) is 3.04. The second-order valence-corrected chi connectivity index (χ2v) is 6.93. The number of anilines is 1. The van der Waals surface area contributed by atoms with Crippen molar-refractivity contribution in [3.8, 4) is 5.75 Å². The van der Waals surface area contributed by atoms with E-state index in [1.54, 1.807) is 17.0 Å². The predicted molar refractivity (Wildman–Crippen MR) is 100 cm³/mol. The number of ether oxygens (including phenoxy) is 1. The van der Waals surface area contributed by atoms with Crippen molar-refractivity contribution < 1.29 is 28.6 Å². The van der Waals surface area contributed by atoms with E-state index in [1.165, 1.54) is 24.5 Å². The maximum atomic E-state index is 12.7. The third-order valence-corrected chi connectivity index (χ3v) is 4.36. The first-order valence-electron chi connectivity index (χ1n) is 8.98. The summed E-state index contributed by atoms with van der Waals surface area (Å²) in [6, 6.07) is 7.80. The zero-order valence-electron chi connectivity index (χ0n) is 15.7. The smallest absolute Gasteiger partial charge is 0.335 e. The molecule has 1 aliphatic heterocycles. The predicted octanol–water partition coefficient (Wildman–Crippen LogP) is 2.75. The van der Waals surface area contributed by atoms with Crippen molar-refractivity contribution >= 4 is 23.5 Å². The Morgan fingerprint density at radius 1 is 1.36 bits per heavy atom. The standard InChI is InChI=1S/C20H22N2O6/c1-12(2)28-17-6-5-13(20(25)26)8-16(17)21-19(24)14-9-18(23)22(10-14)11-15-4-3-7-27-15/h3-8,12,14H,9-11H2,1-2H3,(H,21,24)(H,25,26). The zero-order chi connectivity index (χ0) is 20.3. The summed E-state index contributed by atoms with van der Waals surface area (Å²) in [7, 11) is 0. The molecule has 1 aliphatic rings. The fourth-order valence-electron chi connectivity index (χ4n) is 3.04. The molecule has 8 heteroatoms. The first kappa shape index (κ1) is 19.5. The van der Waals surface area contributed by atoms with Gasteiger partial charge in [-0.3, -0.25) is 9.59 Å². The number of carbonyl (C=O) groups excluding carboxylic acids is 2. The van der Waals surface area contributed by atoms with E-state index in [-0.39, 0.29) is 42.1 Å². The molecule has 2 aromatic rings. The van der Waals surface area contributed by atoms with Crippen molar-refractivity contribution in [2.75, 3.05) is 11.9 Å². The Labute approximate surface area is 162 Å². The van der Waals surface area contributed by atoms with Crippen LogP contribution >= 0.6 is 0 Å². The minimum Gasteiger partial charge on any atom is -0.489 e. The van der Waals surface area contributed by atoms with Gasteiger partial charge in [-0.15, -0.1) is 0 Å². The van der Waals surface area contributed by atoms with Gasteiger partial charge in [0.15, 0.2) is 0 Å². The number of carboxylic acid groups (broad SMARTS) is 1. The molecule has 1 aromatic heterocycles. The first-order chi connectivity index (χ1) is 13.3. The van der Waals surface area contributed by atoms with Crippen LogP contribution in [-0.2, 0) is 16.1 Å². The lowest BCUT2D eigenvalue weighted by molar-refractivity contribution is -0.128. The molecule has 2 heterocycles. The van der Waals surface area contributed by atoms with Gasteiger partial charge in [-0.25, -0.2) is 4.79 Å². The normalized spacial score (nSPS) is 16.5. The van der Waals surface area contributed by atoms with Crippen LogP contribution in [0.25, 0.3) is 0 Å². The van der Waals surface area contributed by atoms with E-state index in [0.717, 1.165) is 0 Å². The summed E-state index contributed by atoms with van der Waals surface area (Å²) < 4.78 is 10.9. The van der Waals surface area contributed by atoms with Gasteiger partial charge >= 0.3 is 5.97 Å². The van der Waals surface area contributed by atoms with Gasteiger partial charge in [0.05, 0.1) is 36.1 Å². The van der Waals surface area contributed by atoms with Gasteiger partial charge in [-0.1, -0.05) is 0 Å². The molecule has 1 fully saturated rings. The van der Waals surface area contributed by atoms with Gasteiger partial charge in [-0.2, -0.15) is 0 Å². The molecule has 1 atom stereocenters. The largest absolute Gasteiger partial charge is 0.489 e. The van der Waals surface area contributed by atoms with Gasteiger partial charge in [0.25, 0.3) is 0 Å². The molecule has 0 bridgehead atoms. The number of nitrogens with one attached hydrogen (secondary N) is 1. The number of amides is 2. The highest BCUT2D eigenvalue weighted by molar-refractivity contribution is 5.99. The van der Waals surface area contributed by atoms with E-state index in [2.05, 4.69) is 5.32 Å². The Hall–Kier alpha value is -3.29. The lowest BCUT2D eigenvalue weighted by Crippen LogP contribution is -2.28. The van der Waals surface area contributed by atoms with Crippen LogP contribution in [0.4, 0.5) is 5.69 Å². The number of furan rings is 1. The SMILES string of the molecule is CC(C)Oc1ccc(C(=O)O)cc1NC(=O)C1CC(=O)N(Cc2ccco2)C1. The molecular weight excluding hydrogens is 364 g/mol. The number of carbonyl (C=O) groups is 3. The summed E-state index contributed by atoms with van der Waals surface area (Å²) in [4.78, 5) is 37.8. The molecule has 1 saturated heterocycles. The molecule has 0 spiro atoms. The third-order valence-electron chi connectivity index (χ3n) is 4.36. The van der Waals surface area contributed by atoms with E-state index in [4.69, 9.17) is 9.15 Å². The molecule has 2 N–H and O–H groups in total. The first-order valence-corrected chi connectivity index (χ1v) is 8.98. The number of hydrogen-bond donors (Lipinski definition) is 2. The van der Waals surface area contributed by atoms with Crippen molar-refractivity contribution in [3.05, 3.63) is 47.9 Å². The van der Waals surface area contributed by atoms with E-state index in [0.29, 0.717) is 18.1 Å². The monoisotopic (exact) mass is 386 g/mol. The summed E-state index contributed by atoms with van der Waals surface area (Å²) in [5.74, 6) is -1.10. The Morgan fingerprint density at radius 2 is 2.14 bits per heavy atom. The summed E-state index contributed by atoms with van der Waals surface area (Å²) >= 11 is 0. The number of hydrogen-bond acceptors (Lipinski definition) is 5. The average molecular weight is 386 g/mol. The van der Waals surface area contributed by atoms with Crippen molar-refractivity contribution in [1.29, 1.82) is 0 Å². The van der Waals surface area contributed by atoms with E-state index < -0.39 is 11.9 Å². The van der Waals surface area contributed by atoms with Gasteiger partial charge in [0.2, 0.25) is 11.8 Å². The van der Waals surface area contributed by atoms with Crippen LogP contribution in [0, 0.1) is 5.92 Å². The zero-order valence-corrected chi connectivity index (χ0v) is 15.7. The Bertz CT molecular complexity index is 875. The van der Waals surface area contributed by atoms with E-state index >= 15 is 0 Å². The topological polar surface area (TPSA) is 109 Å². The maximum Gasteiger partial charge on any atom is 0.335 e.